The molecule has 1 aliphatic heterocycles. The number of nitrogens with zero attached hydrogens (tertiary/aromatic N) is 1. The topological polar surface area (TPSA) is 66.5 Å². The van der Waals surface area contributed by atoms with E-state index in [-0.39, 0.29) is 22.7 Å². The van der Waals surface area contributed by atoms with Crippen LogP contribution in [-0.2, 0) is 23.0 Å². The maximum absolute atomic E-state index is 14.6. The van der Waals surface area contributed by atoms with Gasteiger partial charge in [0.2, 0.25) is 10.0 Å². The van der Waals surface area contributed by atoms with E-state index in [0.29, 0.717) is 13.0 Å². The lowest BCUT2D eigenvalue weighted by atomic mass is 10.0. The molecule has 1 amide bonds. The summed E-state index contributed by atoms with van der Waals surface area (Å²) >= 11 is 0. The van der Waals surface area contributed by atoms with E-state index in [1.165, 1.54) is 28.6 Å². The second-order valence-corrected chi connectivity index (χ2v) is 8.90. The number of amides is 1. The maximum atomic E-state index is 14.6. The fraction of sp³-hybridized carbons (Fsp3) is 0.136. The van der Waals surface area contributed by atoms with Gasteiger partial charge in [-0.25, -0.2) is 17.2 Å². The number of nitrogens with one attached hydrogen (secondary N) is 1. The van der Waals surface area contributed by atoms with Crippen molar-refractivity contribution in [3.05, 3.63) is 95.1 Å². The standard InChI is InChI=1S/C22H18F2N2O3S/c23-18-7-5-16(6-8-18)22(27)25-21-10-9-19(13-20(21)24)30(28,29)26-12-11-15-3-1-2-4-17(15)14-26/h1-10,13H,11-12,14H2,(H,25,27). The normalized spacial score (nSPS) is 14.2. The van der Waals surface area contributed by atoms with E-state index in [2.05, 4.69) is 5.32 Å². The van der Waals surface area contributed by atoms with E-state index in [4.69, 9.17) is 0 Å². The molecule has 0 bridgehead atoms. The third-order valence-electron chi connectivity index (χ3n) is 5.03. The van der Waals surface area contributed by atoms with Crippen molar-refractivity contribution >= 4 is 21.6 Å². The van der Waals surface area contributed by atoms with Gasteiger partial charge in [0.05, 0.1) is 10.6 Å². The molecule has 0 aliphatic carbocycles. The largest absolute Gasteiger partial charge is 0.319 e. The van der Waals surface area contributed by atoms with Crippen LogP contribution in [0.5, 0.6) is 0 Å². The van der Waals surface area contributed by atoms with Gasteiger partial charge >= 0.3 is 0 Å². The van der Waals surface area contributed by atoms with E-state index in [1.54, 1.807) is 0 Å². The second kappa shape index (κ2) is 7.97. The van der Waals surface area contributed by atoms with Crippen LogP contribution in [0.4, 0.5) is 14.5 Å². The van der Waals surface area contributed by atoms with Gasteiger partial charge in [0.25, 0.3) is 5.91 Å². The third kappa shape index (κ3) is 3.96. The molecular formula is C22H18F2N2O3S. The van der Waals surface area contributed by atoms with E-state index in [0.717, 1.165) is 29.3 Å². The van der Waals surface area contributed by atoms with Gasteiger partial charge in [-0.05, 0) is 60.0 Å². The smallest absolute Gasteiger partial charge is 0.255 e. The van der Waals surface area contributed by atoms with Crippen LogP contribution in [-0.4, -0.2) is 25.2 Å². The van der Waals surface area contributed by atoms with Crippen LogP contribution in [0.1, 0.15) is 21.5 Å². The molecule has 0 atom stereocenters. The molecule has 1 heterocycles. The minimum atomic E-state index is -3.89. The Hall–Kier alpha value is -3.10. The number of sulfonamides is 1. The predicted molar refractivity (Wildman–Crippen MR) is 108 cm³/mol. The first-order valence-corrected chi connectivity index (χ1v) is 10.7. The average molecular weight is 428 g/mol. The monoisotopic (exact) mass is 428 g/mol. The first-order chi connectivity index (χ1) is 14.3. The summed E-state index contributed by atoms with van der Waals surface area (Å²) in [5, 5.41) is 2.37. The molecular weight excluding hydrogens is 410 g/mol. The van der Waals surface area contributed by atoms with Crippen molar-refractivity contribution in [1.82, 2.24) is 4.31 Å². The lowest BCUT2D eigenvalue weighted by Crippen LogP contribution is -2.36. The predicted octanol–water partition coefficient (Wildman–Crippen LogP) is 3.96. The SMILES string of the molecule is O=C(Nc1ccc(S(=O)(=O)N2CCc3ccccc3C2)cc1F)c1ccc(F)cc1. The van der Waals surface area contributed by atoms with Crippen LogP contribution in [0.2, 0.25) is 0 Å². The highest BCUT2D eigenvalue weighted by molar-refractivity contribution is 7.89. The molecule has 8 heteroatoms. The van der Waals surface area contributed by atoms with Crippen molar-refractivity contribution < 1.29 is 22.0 Å². The fourth-order valence-corrected chi connectivity index (χ4v) is 4.81. The molecule has 5 nitrogen and oxygen atoms in total. The zero-order valence-electron chi connectivity index (χ0n) is 15.8. The van der Waals surface area contributed by atoms with Crippen molar-refractivity contribution in [2.24, 2.45) is 0 Å². The molecule has 0 fully saturated rings. The highest BCUT2D eigenvalue weighted by Gasteiger charge is 2.29. The molecule has 3 aromatic carbocycles. The lowest BCUT2D eigenvalue weighted by molar-refractivity contribution is 0.102. The number of halogens is 2. The van der Waals surface area contributed by atoms with Gasteiger partial charge in [-0.15, -0.1) is 0 Å². The molecule has 0 saturated carbocycles. The molecule has 0 saturated heterocycles. The Bertz CT molecular complexity index is 1210. The first-order valence-electron chi connectivity index (χ1n) is 9.28. The Balaban J connectivity index is 1.54. The van der Waals surface area contributed by atoms with E-state index < -0.39 is 27.6 Å². The van der Waals surface area contributed by atoms with E-state index in [9.17, 15) is 22.0 Å². The van der Waals surface area contributed by atoms with Crippen molar-refractivity contribution in [2.75, 3.05) is 11.9 Å². The Kier molecular flexibility index (Phi) is 5.36. The number of benzene rings is 3. The number of fused-ring (bicyclic) bond motifs is 1. The molecule has 0 spiro atoms. The number of carbonyl (C=O) groups excluding carboxylic acids is 1. The third-order valence-corrected chi connectivity index (χ3v) is 6.87. The Morgan fingerprint density at radius 1 is 0.933 bits per heavy atom. The van der Waals surface area contributed by atoms with Crippen LogP contribution < -0.4 is 5.32 Å². The van der Waals surface area contributed by atoms with Crippen LogP contribution >= 0.6 is 0 Å². The molecule has 0 radical (unpaired) electrons. The first kappa shape index (κ1) is 20.2. The van der Waals surface area contributed by atoms with E-state index >= 15 is 0 Å². The average Bonchev–Trinajstić information content (AvgIpc) is 2.75. The summed E-state index contributed by atoms with van der Waals surface area (Å²) in [5.74, 6) is -1.99. The summed E-state index contributed by atoms with van der Waals surface area (Å²) in [6.07, 6.45) is 0.587. The quantitative estimate of drug-likeness (QED) is 0.684. The summed E-state index contributed by atoms with van der Waals surface area (Å²) in [6.45, 7) is 0.535. The van der Waals surface area contributed by atoms with Crippen molar-refractivity contribution in [2.45, 2.75) is 17.9 Å². The minimum Gasteiger partial charge on any atom is -0.319 e. The zero-order chi connectivity index (χ0) is 21.3. The fourth-order valence-electron chi connectivity index (χ4n) is 3.38. The van der Waals surface area contributed by atoms with Gasteiger partial charge in [0, 0.05) is 18.7 Å². The van der Waals surface area contributed by atoms with Gasteiger partial charge in [-0.2, -0.15) is 4.31 Å². The summed E-state index contributed by atoms with van der Waals surface area (Å²) in [5.41, 5.74) is 2.02. The van der Waals surface area contributed by atoms with Crippen molar-refractivity contribution in [3.8, 4) is 0 Å². The van der Waals surface area contributed by atoms with Crippen LogP contribution in [0.3, 0.4) is 0 Å². The number of rotatable bonds is 4. The lowest BCUT2D eigenvalue weighted by Gasteiger charge is -2.28. The molecule has 1 N–H and O–H groups in total. The highest BCUT2D eigenvalue weighted by atomic mass is 32.2. The van der Waals surface area contributed by atoms with Gasteiger partial charge in [-0.1, -0.05) is 24.3 Å². The highest BCUT2D eigenvalue weighted by Crippen LogP contribution is 2.27. The Morgan fingerprint density at radius 3 is 2.33 bits per heavy atom. The number of hydrogen-bond acceptors (Lipinski definition) is 3. The summed E-state index contributed by atoms with van der Waals surface area (Å²) in [7, 11) is -3.89. The van der Waals surface area contributed by atoms with Crippen molar-refractivity contribution in [3.63, 3.8) is 0 Å². The number of anilines is 1. The molecule has 154 valence electrons. The molecule has 0 aromatic heterocycles. The molecule has 3 aromatic rings. The van der Waals surface area contributed by atoms with Gasteiger partial charge in [0.1, 0.15) is 11.6 Å². The Labute approximate surface area is 173 Å². The number of carbonyl (C=O) groups is 1. The molecule has 4 rings (SSSR count). The van der Waals surface area contributed by atoms with Gasteiger partial charge < -0.3 is 5.32 Å². The molecule has 30 heavy (non-hydrogen) atoms. The zero-order valence-corrected chi connectivity index (χ0v) is 16.6. The summed E-state index contributed by atoms with van der Waals surface area (Å²) in [6, 6.07) is 15.8. The maximum Gasteiger partial charge on any atom is 0.255 e. The van der Waals surface area contributed by atoms with Crippen LogP contribution in [0.15, 0.2) is 71.6 Å². The summed E-state index contributed by atoms with van der Waals surface area (Å²) in [4.78, 5) is 12.0. The van der Waals surface area contributed by atoms with Crippen LogP contribution in [0.25, 0.3) is 0 Å². The molecule has 0 unspecified atom stereocenters. The van der Waals surface area contributed by atoms with Crippen LogP contribution in [0, 0.1) is 11.6 Å². The number of hydrogen-bond donors (Lipinski definition) is 1. The van der Waals surface area contributed by atoms with Gasteiger partial charge in [0.15, 0.2) is 0 Å². The molecule has 1 aliphatic rings. The second-order valence-electron chi connectivity index (χ2n) is 6.96. The van der Waals surface area contributed by atoms with E-state index in [1.807, 2.05) is 24.3 Å². The van der Waals surface area contributed by atoms with Crippen molar-refractivity contribution in [1.29, 1.82) is 0 Å². The minimum absolute atomic E-state index is 0.152. The van der Waals surface area contributed by atoms with Gasteiger partial charge in [-0.3, -0.25) is 4.79 Å². The Morgan fingerprint density at radius 2 is 1.63 bits per heavy atom. The summed E-state index contributed by atoms with van der Waals surface area (Å²) < 4.78 is 54.8.